The van der Waals surface area contributed by atoms with E-state index in [1.165, 1.54) is 6.26 Å². The number of thiophene rings is 1. The van der Waals surface area contributed by atoms with Crippen LogP contribution in [0.25, 0.3) is 21.2 Å². The van der Waals surface area contributed by atoms with Crippen LogP contribution >= 0.6 is 33.9 Å². The Morgan fingerprint density at radius 3 is 2.33 bits per heavy atom. The normalized spacial score (nSPS) is 17.6. The number of rotatable bonds is 8. The average molecular weight is 689 g/mol. The van der Waals surface area contributed by atoms with Crippen molar-refractivity contribution in [2.24, 2.45) is 0 Å². The van der Waals surface area contributed by atoms with E-state index in [4.69, 9.17) is 4.74 Å². The minimum atomic E-state index is -3.27. The Labute approximate surface area is 253 Å². The number of hydrogen-bond donors (Lipinski definition) is 1. The second kappa shape index (κ2) is 12.2. The van der Waals surface area contributed by atoms with Gasteiger partial charge >= 0.3 is 0 Å². The first kappa shape index (κ1) is 29.0. The van der Waals surface area contributed by atoms with E-state index < -0.39 is 9.84 Å². The fraction of sp³-hybridized carbons (Fsp3) is 0.323. The average Bonchev–Trinajstić information content (AvgIpc) is 3.31. The molecule has 1 N–H and O–H groups in total. The summed E-state index contributed by atoms with van der Waals surface area (Å²) in [7, 11) is 0.385. The predicted octanol–water partition coefficient (Wildman–Crippen LogP) is 6.76. The van der Waals surface area contributed by atoms with Gasteiger partial charge in [-0.1, -0.05) is 36.4 Å². The number of methoxy groups -OCH3 is 1. The summed E-state index contributed by atoms with van der Waals surface area (Å²) in [6, 6.07) is 21.7. The molecule has 3 aromatic carbocycles. The predicted molar refractivity (Wildman–Crippen MR) is 171 cm³/mol. The lowest BCUT2D eigenvalue weighted by molar-refractivity contribution is 0.0603. The third kappa shape index (κ3) is 6.07. The first-order valence-electron chi connectivity index (χ1n) is 13.3. The van der Waals surface area contributed by atoms with E-state index in [1.807, 2.05) is 48.3 Å². The molecule has 210 valence electrons. The topological polar surface area (TPSA) is 75.7 Å². The van der Waals surface area contributed by atoms with Gasteiger partial charge in [0.1, 0.15) is 10.6 Å². The monoisotopic (exact) mass is 688 g/mol. The summed E-state index contributed by atoms with van der Waals surface area (Å²) in [6.45, 7) is 0.427. The first-order valence-corrected chi connectivity index (χ1v) is 17.1. The summed E-state index contributed by atoms with van der Waals surface area (Å²) in [6.07, 6.45) is 5.14. The maximum absolute atomic E-state index is 14.3. The number of nitrogens with zero attached hydrogens (tertiary/aromatic N) is 1. The number of amides is 1. The van der Waals surface area contributed by atoms with E-state index in [1.54, 1.807) is 30.6 Å². The smallest absolute Gasteiger partial charge is 0.265 e. The van der Waals surface area contributed by atoms with Crippen LogP contribution < -0.4 is 10.1 Å². The number of carbonyl (C=O) groups excluding carboxylic acids is 1. The molecule has 1 fully saturated rings. The van der Waals surface area contributed by atoms with Gasteiger partial charge in [0.25, 0.3) is 5.91 Å². The molecule has 1 aliphatic carbocycles. The third-order valence-electron chi connectivity index (χ3n) is 7.77. The molecule has 9 heteroatoms. The summed E-state index contributed by atoms with van der Waals surface area (Å²) in [5, 5.41) is 4.52. The highest BCUT2D eigenvalue weighted by molar-refractivity contribution is 14.1. The number of sulfone groups is 1. The lowest BCUT2D eigenvalue weighted by Gasteiger charge is -2.37. The van der Waals surface area contributed by atoms with Crippen LogP contribution in [0.2, 0.25) is 0 Å². The zero-order chi connectivity index (χ0) is 28.4. The number of nitrogens with one attached hydrogen (secondary N) is 1. The molecule has 0 atom stereocenters. The van der Waals surface area contributed by atoms with Crippen molar-refractivity contribution in [2.45, 2.75) is 49.2 Å². The van der Waals surface area contributed by atoms with E-state index in [0.717, 1.165) is 66.7 Å². The summed E-state index contributed by atoms with van der Waals surface area (Å²) in [5.41, 5.74) is 2.77. The van der Waals surface area contributed by atoms with Crippen molar-refractivity contribution in [3.8, 4) is 16.9 Å². The zero-order valence-electron chi connectivity index (χ0n) is 22.8. The third-order valence-corrected chi connectivity index (χ3v) is 11.5. The van der Waals surface area contributed by atoms with Crippen molar-refractivity contribution in [1.82, 2.24) is 10.2 Å². The van der Waals surface area contributed by atoms with Crippen LogP contribution in [-0.4, -0.2) is 51.7 Å². The lowest BCUT2D eigenvalue weighted by Crippen LogP contribution is -2.44. The number of benzene rings is 3. The summed E-state index contributed by atoms with van der Waals surface area (Å²) in [5.74, 6) is 0.785. The Bertz CT molecular complexity index is 1630. The molecule has 0 unspecified atom stereocenters. The van der Waals surface area contributed by atoms with E-state index >= 15 is 0 Å². The fourth-order valence-electron chi connectivity index (χ4n) is 5.48. The number of fused-ring (bicyclic) bond motifs is 1. The molecule has 0 saturated heterocycles. The van der Waals surface area contributed by atoms with Gasteiger partial charge < -0.3 is 15.0 Å². The molecule has 1 heterocycles. The van der Waals surface area contributed by atoms with Gasteiger partial charge in [-0.05, 0) is 96.8 Å². The van der Waals surface area contributed by atoms with Gasteiger partial charge in [0.15, 0.2) is 9.84 Å². The highest BCUT2D eigenvalue weighted by Crippen LogP contribution is 2.36. The Kier molecular flexibility index (Phi) is 8.84. The highest BCUT2D eigenvalue weighted by atomic mass is 127. The molecule has 5 rings (SSSR count). The van der Waals surface area contributed by atoms with Gasteiger partial charge in [-0.15, -0.1) is 11.3 Å². The Balaban J connectivity index is 1.52. The SMILES string of the molecule is CNC1CCC(N(Cc2cc(-c3ccc(S(C)(=O)=O)cc3)ccc2OC)C(=O)c2sc3ccccc3c2I)CC1. The van der Waals surface area contributed by atoms with Gasteiger partial charge in [0.05, 0.1) is 12.0 Å². The van der Waals surface area contributed by atoms with Gasteiger partial charge in [-0.3, -0.25) is 4.79 Å². The van der Waals surface area contributed by atoms with E-state index in [9.17, 15) is 13.2 Å². The number of hydrogen-bond acceptors (Lipinski definition) is 6. The maximum Gasteiger partial charge on any atom is 0.265 e. The van der Waals surface area contributed by atoms with Crippen LogP contribution in [0.4, 0.5) is 0 Å². The molecule has 0 aliphatic heterocycles. The molecular weight excluding hydrogens is 655 g/mol. The first-order chi connectivity index (χ1) is 19.2. The second-order valence-electron chi connectivity index (χ2n) is 10.3. The van der Waals surface area contributed by atoms with Crippen molar-refractivity contribution in [1.29, 1.82) is 0 Å². The molecule has 40 heavy (non-hydrogen) atoms. The molecule has 1 aliphatic rings. The highest BCUT2D eigenvalue weighted by Gasteiger charge is 2.32. The van der Waals surface area contributed by atoms with Gasteiger partial charge in [0, 0.05) is 44.1 Å². The van der Waals surface area contributed by atoms with E-state index in [-0.39, 0.29) is 16.8 Å². The molecule has 6 nitrogen and oxygen atoms in total. The second-order valence-corrected chi connectivity index (χ2v) is 14.4. The minimum absolute atomic E-state index is 0.0588. The minimum Gasteiger partial charge on any atom is -0.496 e. The van der Waals surface area contributed by atoms with Gasteiger partial charge in [-0.2, -0.15) is 0 Å². The zero-order valence-corrected chi connectivity index (χ0v) is 26.6. The summed E-state index contributed by atoms with van der Waals surface area (Å²) >= 11 is 3.88. The van der Waals surface area contributed by atoms with Crippen LogP contribution in [0.5, 0.6) is 5.75 Å². The summed E-state index contributed by atoms with van der Waals surface area (Å²) in [4.78, 5) is 17.4. The Morgan fingerprint density at radius 2 is 1.70 bits per heavy atom. The van der Waals surface area contributed by atoms with E-state index in [2.05, 4.69) is 46.1 Å². The lowest BCUT2D eigenvalue weighted by atomic mass is 9.89. The molecular formula is C31H33IN2O4S2. The van der Waals surface area contributed by atoms with Crippen LogP contribution in [0, 0.1) is 3.57 Å². The molecule has 0 spiro atoms. The molecule has 1 aromatic heterocycles. The van der Waals surface area contributed by atoms with Crippen molar-refractivity contribution >= 4 is 59.8 Å². The van der Waals surface area contributed by atoms with Crippen LogP contribution in [-0.2, 0) is 16.4 Å². The molecule has 0 radical (unpaired) electrons. The number of halogens is 1. The molecule has 1 amide bonds. The van der Waals surface area contributed by atoms with Crippen LogP contribution in [0.3, 0.4) is 0 Å². The fourth-order valence-corrected chi connectivity index (χ4v) is 8.38. The largest absolute Gasteiger partial charge is 0.496 e. The Hall–Kier alpha value is -2.47. The van der Waals surface area contributed by atoms with Gasteiger partial charge in [-0.25, -0.2) is 8.42 Å². The standard InChI is InChI=1S/C31H33IN2O4S2/c1-33-23-11-13-24(14-12-23)34(31(35)30-29(32)26-6-4-5-7-28(26)39-30)19-22-18-21(10-17-27(22)38-2)20-8-15-25(16-9-20)40(3,36)37/h4-10,15-18,23-24,33H,11-14,19H2,1-3H3. The summed E-state index contributed by atoms with van der Waals surface area (Å²) < 4.78 is 31.7. The molecule has 0 bridgehead atoms. The maximum atomic E-state index is 14.3. The van der Waals surface area contributed by atoms with Crippen molar-refractivity contribution in [3.05, 3.63) is 80.7 Å². The number of carbonyl (C=O) groups is 1. The number of ether oxygens (including phenoxy) is 1. The van der Waals surface area contributed by atoms with Crippen molar-refractivity contribution < 1.29 is 17.9 Å². The Morgan fingerprint density at radius 1 is 1.02 bits per heavy atom. The van der Waals surface area contributed by atoms with Gasteiger partial charge in [0.2, 0.25) is 0 Å². The quantitative estimate of drug-likeness (QED) is 0.207. The molecule has 1 saturated carbocycles. The van der Waals surface area contributed by atoms with Crippen LogP contribution in [0.15, 0.2) is 71.6 Å². The van der Waals surface area contributed by atoms with Crippen molar-refractivity contribution in [2.75, 3.05) is 20.4 Å². The van der Waals surface area contributed by atoms with Crippen LogP contribution in [0.1, 0.15) is 40.9 Å². The van der Waals surface area contributed by atoms with E-state index in [0.29, 0.717) is 12.6 Å². The molecule has 4 aromatic rings. The van der Waals surface area contributed by atoms with Crippen molar-refractivity contribution in [3.63, 3.8) is 0 Å².